The molecule has 1 aliphatic heterocycles. The topological polar surface area (TPSA) is 73.0 Å². The van der Waals surface area contributed by atoms with E-state index in [-0.39, 0.29) is 43.7 Å². The summed E-state index contributed by atoms with van der Waals surface area (Å²) in [7, 11) is 0. The highest BCUT2D eigenvalue weighted by atomic mass is 19.3. The number of esters is 1. The lowest BCUT2D eigenvalue weighted by Crippen LogP contribution is -2.48. The number of ether oxygens (including phenoxy) is 4. The minimum Gasteiger partial charge on any atom is -0.493 e. The van der Waals surface area contributed by atoms with Crippen LogP contribution in [0.3, 0.4) is 0 Å². The number of hydrogen-bond acceptors (Lipinski definition) is 6. The number of nitrogens with one attached hydrogen (secondary N) is 1. The summed E-state index contributed by atoms with van der Waals surface area (Å²) in [5, 5.41) is 0.980. The van der Waals surface area contributed by atoms with Crippen LogP contribution in [0.2, 0.25) is 0 Å². The maximum atomic E-state index is 15.8. The van der Waals surface area contributed by atoms with Crippen molar-refractivity contribution in [1.82, 2.24) is 9.88 Å². The molecule has 1 N–H and O–H groups in total. The Morgan fingerprint density at radius 2 is 1.67 bits per heavy atom. The van der Waals surface area contributed by atoms with Crippen LogP contribution in [-0.2, 0) is 25.4 Å². The fourth-order valence-corrected chi connectivity index (χ4v) is 5.83. The highest BCUT2D eigenvalue weighted by Crippen LogP contribution is 2.43. The lowest BCUT2D eigenvalue weighted by Gasteiger charge is -2.43. The number of carbonyl (C=O) groups excluding carboxylic acids is 1. The summed E-state index contributed by atoms with van der Waals surface area (Å²) in [6, 6.07) is 8.93. The van der Waals surface area contributed by atoms with E-state index in [0.717, 1.165) is 28.6 Å². The van der Waals surface area contributed by atoms with E-state index in [1.54, 1.807) is 6.92 Å². The fourth-order valence-electron chi connectivity index (χ4n) is 5.83. The second-order valence-corrected chi connectivity index (χ2v) is 12.3. The van der Waals surface area contributed by atoms with Crippen LogP contribution in [0.25, 0.3) is 10.9 Å². The van der Waals surface area contributed by atoms with E-state index in [2.05, 4.69) is 14.5 Å². The lowest BCUT2D eigenvalue weighted by atomic mass is 9.87. The summed E-state index contributed by atoms with van der Waals surface area (Å²) < 4.78 is 94.1. The second-order valence-electron chi connectivity index (χ2n) is 12.3. The fraction of sp³-hybridized carbons (Fsp3) is 0.559. The number of para-hydroxylation sites is 1. The van der Waals surface area contributed by atoms with Gasteiger partial charge in [0.2, 0.25) is 0 Å². The molecule has 0 saturated heterocycles. The molecule has 3 aromatic rings. The Hall–Kier alpha value is -3.22. The molecule has 4 rings (SSSR count). The summed E-state index contributed by atoms with van der Waals surface area (Å²) >= 11 is 0. The Bertz CT molecular complexity index is 1430. The number of unbranched alkanes of at least 4 members (excludes halogenated alkanes) is 2. The molecule has 2 atom stereocenters. The molecule has 0 saturated carbocycles. The SMILES string of the molecule is CCOC(=O)COCC(F)(F)COCCCCCOc1cc(F)c([C@@H]2c3[nH]c4ccccc4c3C[C@@H](C)N2CC(C)(C)F)c(F)c1. The molecule has 0 bridgehead atoms. The standard InChI is InChI=1S/C34H43F5N2O5/c1-5-45-29(42)18-44-21-34(38,39)20-43-13-9-6-10-14-46-23-16-26(35)30(27(36)17-23)32-31-25(24-11-7-8-12-28(24)40-31)15-22(2)41(32)19-33(3,4)37/h7-8,11-12,16-17,22,32,40H,5-6,9-10,13-15,18-21H2,1-4H3/t22-,32-/m1/s1. The summed E-state index contributed by atoms with van der Waals surface area (Å²) in [5.41, 5.74) is 0.703. The second kappa shape index (κ2) is 15.6. The first-order valence-electron chi connectivity index (χ1n) is 15.6. The van der Waals surface area contributed by atoms with E-state index in [1.165, 1.54) is 13.8 Å². The molecule has 0 unspecified atom stereocenters. The van der Waals surface area contributed by atoms with Crippen molar-refractivity contribution >= 4 is 16.9 Å². The van der Waals surface area contributed by atoms with E-state index in [4.69, 9.17) is 9.47 Å². The quantitative estimate of drug-likeness (QED) is 0.0936. The van der Waals surface area contributed by atoms with Gasteiger partial charge in [-0.3, -0.25) is 4.90 Å². The van der Waals surface area contributed by atoms with Gasteiger partial charge in [-0.1, -0.05) is 18.2 Å². The zero-order valence-electron chi connectivity index (χ0n) is 26.8. The van der Waals surface area contributed by atoms with E-state index in [9.17, 15) is 18.0 Å². The van der Waals surface area contributed by atoms with Gasteiger partial charge in [0, 0.05) is 53.5 Å². The van der Waals surface area contributed by atoms with Gasteiger partial charge >= 0.3 is 5.97 Å². The van der Waals surface area contributed by atoms with Gasteiger partial charge in [-0.25, -0.2) is 26.7 Å². The van der Waals surface area contributed by atoms with E-state index in [1.807, 2.05) is 36.1 Å². The smallest absolute Gasteiger partial charge is 0.332 e. The van der Waals surface area contributed by atoms with E-state index >= 15 is 8.78 Å². The first-order valence-corrected chi connectivity index (χ1v) is 15.6. The molecule has 12 heteroatoms. The van der Waals surface area contributed by atoms with Gasteiger partial charge in [0.1, 0.15) is 42.9 Å². The predicted octanol–water partition coefficient (Wildman–Crippen LogP) is 7.31. The Morgan fingerprint density at radius 1 is 1.00 bits per heavy atom. The van der Waals surface area contributed by atoms with E-state index in [0.29, 0.717) is 31.4 Å². The molecule has 0 spiro atoms. The van der Waals surface area contributed by atoms with Gasteiger partial charge < -0.3 is 23.9 Å². The third kappa shape index (κ3) is 9.42. The number of halogens is 5. The third-order valence-corrected chi connectivity index (χ3v) is 7.76. The molecule has 1 aromatic heterocycles. The Morgan fingerprint density at radius 3 is 2.37 bits per heavy atom. The van der Waals surface area contributed by atoms with Crippen molar-refractivity contribution in [2.75, 3.05) is 46.2 Å². The van der Waals surface area contributed by atoms with Gasteiger partial charge in [0.05, 0.1) is 19.3 Å². The number of benzene rings is 2. The Kier molecular flexibility index (Phi) is 12.1. The molecule has 0 aliphatic carbocycles. The van der Waals surface area contributed by atoms with Crippen molar-refractivity contribution in [2.24, 2.45) is 0 Å². The van der Waals surface area contributed by atoms with Crippen molar-refractivity contribution in [1.29, 1.82) is 0 Å². The minimum absolute atomic E-state index is 0.0185. The number of aromatic amines is 1. The van der Waals surface area contributed by atoms with Crippen LogP contribution in [0.5, 0.6) is 5.75 Å². The number of hydrogen-bond donors (Lipinski definition) is 1. The van der Waals surface area contributed by atoms with Crippen LogP contribution in [-0.4, -0.2) is 79.7 Å². The largest absolute Gasteiger partial charge is 0.493 e. The highest BCUT2D eigenvalue weighted by molar-refractivity contribution is 5.85. The molecule has 1 aliphatic rings. The van der Waals surface area contributed by atoms with Gasteiger partial charge in [-0.15, -0.1) is 0 Å². The molecule has 0 radical (unpaired) electrons. The Balaban J connectivity index is 1.32. The third-order valence-electron chi connectivity index (χ3n) is 7.76. The first-order chi connectivity index (χ1) is 21.8. The Labute approximate surface area is 266 Å². The van der Waals surface area contributed by atoms with Crippen LogP contribution in [0, 0.1) is 11.6 Å². The van der Waals surface area contributed by atoms with Crippen LogP contribution in [0.1, 0.15) is 69.8 Å². The number of H-pyrrole nitrogens is 1. The average Bonchev–Trinajstić information content (AvgIpc) is 3.33. The number of nitrogens with zero attached hydrogens (tertiary/aromatic N) is 1. The number of aromatic nitrogens is 1. The van der Waals surface area contributed by atoms with Crippen molar-refractivity contribution in [3.63, 3.8) is 0 Å². The molecular weight excluding hydrogens is 611 g/mol. The van der Waals surface area contributed by atoms with Gasteiger partial charge in [-0.2, -0.15) is 0 Å². The molecule has 46 heavy (non-hydrogen) atoms. The monoisotopic (exact) mass is 654 g/mol. The highest BCUT2D eigenvalue weighted by Gasteiger charge is 2.41. The molecule has 254 valence electrons. The lowest BCUT2D eigenvalue weighted by molar-refractivity contribution is -0.157. The predicted molar refractivity (Wildman–Crippen MR) is 164 cm³/mol. The minimum atomic E-state index is -3.25. The summed E-state index contributed by atoms with van der Waals surface area (Å²) in [5.74, 6) is -5.52. The van der Waals surface area contributed by atoms with E-state index < -0.39 is 55.1 Å². The van der Waals surface area contributed by atoms with Gasteiger partial charge in [-0.05, 0) is 65.0 Å². The van der Waals surface area contributed by atoms with Crippen molar-refractivity contribution in [2.45, 2.75) is 77.1 Å². The zero-order valence-corrected chi connectivity index (χ0v) is 26.8. The summed E-state index contributed by atoms with van der Waals surface area (Å²) in [6.45, 7) is 4.44. The van der Waals surface area contributed by atoms with Crippen LogP contribution < -0.4 is 4.74 Å². The number of carbonyl (C=O) groups is 1. The molecule has 0 fully saturated rings. The molecule has 2 aromatic carbocycles. The molecule has 7 nitrogen and oxygen atoms in total. The van der Waals surface area contributed by atoms with Crippen molar-refractivity contribution in [3.05, 3.63) is 64.9 Å². The van der Waals surface area contributed by atoms with Gasteiger partial charge in [0.25, 0.3) is 5.92 Å². The van der Waals surface area contributed by atoms with Crippen molar-refractivity contribution < 1.29 is 45.7 Å². The summed E-state index contributed by atoms with van der Waals surface area (Å²) in [6.07, 6.45) is 2.16. The molecular formula is C34H43F5N2O5. The van der Waals surface area contributed by atoms with Crippen molar-refractivity contribution in [3.8, 4) is 5.75 Å². The average molecular weight is 655 g/mol. The number of fused-ring (bicyclic) bond motifs is 3. The van der Waals surface area contributed by atoms with Crippen LogP contribution >= 0.6 is 0 Å². The number of rotatable bonds is 17. The maximum absolute atomic E-state index is 15.8. The normalized spacial score (nSPS) is 17.3. The van der Waals surface area contributed by atoms with Gasteiger partial charge in [0.15, 0.2) is 0 Å². The maximum Gasteiger partial charge on any atom is 0.332 e. The summed E-state index contributed by atoms with van der Waals surface area (Å²) in [4.78, 5) is 16.3. The zero-order chi connectivity index (χ0) is 33.5. The molecule has 0 amide bonds. The number of alkyl halides is 3. The molecule has 2 heterocycles. The first kappa shape index (κ1) is 35.6. The van der Waals surface area contributed by atoms with Crippen LogP contribution in [0.4, 0.5) is 22.0 Å². The van der Waals surface area contributed by atoms with Crippen LogP contribution in [0.15, 0.2) is 36.4 Å².